The van der Waals surface area contributed by atoms with E-state index in [0.29, 0.717) is 6.07 Å². The molecular formula is C12H8BrF2N3O. The smallest absolute Gasteiger partial charge is 0.274 e. The van der Waals surface area contributed by atoms with Gasteiger partial charge < -0.3 is 11.1 Å². The fourth-order valence-corrected chi connectivity index (χ4v) is 1.92. The van der Waals surface area contributed by atoms with E-state index >= 15 is 0 Å². The van der Waals surface area contributed by atoms with Gasteiger partial charge in [0.15, 0.2) is 5.82 Å². The molecule has 0 radical (unpaired) electrons. The second kappa shape index (κ2) is 5.31. The molecule has 1 amide bonds. The number of nitrogens with two attached hydrogens (primary N) is 1. The van der Waals surface area contributed by atoms with Crippen molar-refractivity contribution >= 4 is 33.3 Å². The van der Waals surface area contributed by atoms with Crippen LogP contribution in [0.2, 0.25) is 0 Å². The summed E-state index contributed by atoms with van der Waals surface area (Å²) in [6.07, 6.45) is 0. The molecule has 0 atom stereocenters. The summed E-state index contributed by atoms with van der Waals surface area (Å²) in [5.41, 5.74) is 5.33. The van der Waals surface area contributed by atoms with Crippen LogP contribution in [0.5, 0.6) is 0 Å². The summed E-state index contributed by atoms with van der Waals surface area (Å²) < 4.78 is 26.5. The van der Waals surface area contributed by atoms with E-state index < -0.39 is 17.5 Å². The summed E-state index contributed by atoms with van der Waals surface area (Å²) in [6.45, 7) is 0. The van der Waals surface area contributed by atoms with Crippen LogP contribution in [-0.4, -0.2) is 10.9 Å². The number of rotatable bonds is 2. The van der Waals surface area contributed by atoms with Crippen LogP contribution in [-0.2, 0) is 0 Å². The van der Waals surface area contributed by atoms with Gasteiger partial charge in [-0.25, -0.2) is 13.8 Å². The van der Waals surface area contributed by atoms with Crippen LogP contribution in [0.15, 0.2) is 34.8 Å². The highest BCUT2D eigenvalue weighted by Crippen LogP contribution is 2.27. The SMILES string of the molecule is Nc1cccc(C(=O)Nc2c(F)cc(F)cc2Br)n1. The highest BCUT2D eigenvalue weighted by molar-refractivity contribution is 9.10. The monoisotopic (exact) mass is 327 g/mol. The maximum absolute atomic E-state index is 13.5. The number of hydrogen-bond donors (Lipinski definition) is 2. The third-order valence-electron chi connectivity index (χ3n) is 2.25. The molecule has 0 aliphatic heterocycles. The zero-order valence-electron chi connectivity index (χ0n) is 9.45. The number of amides is 1. The Hall–Kier alpha value is -2.02. The molecule has 98 valence electrons. The molecule has 0 fully saturated rings. The van der Waals surface area contributed by atoms with Crippen molar-refractivity contribution in [1.29, 1.82) is 0 Å². The van der Waals surface area contributed by atoms with Gasteiger partial charge in [-0.1, -0.05) is 6.07 Å². The van der Waals surface area contributed by atoms with Gasteiger partial charge in [0.05, 0.1) is 5.69 Å². The van der Waals surface area contributed by atoms with Crippen molar-refractivity contribution in [2.45, 2.75) is 0 Å². The molecule has 1 aromatic carbocycles. The number of carbonyl (C=O) groups excluding carboxylic acids is 1. The molecule has 0 aliphatic carbocycles. The number of aromatic nitrogens is 1. The molecule has 0 saturated carbocycles. The Morgan fingerprint density at radius 1 is 1.32 bits per heavy atom. The van der Waals surface area contributed by atoms with Crippen LogP contribution >= 0.6 is 15.9 Å². The molecule has 1 heterocycles. The predicted octanol–water partition coefficient (Wildman–Crippen LogP) is 2.96. The third kappa shape index (κ3) is 3.05. The van der Waals surface area contributed by atoms with E-state index in [9.17, 15) is 13.6 Å². The van der Waals surface area contributed by atoms with E-state index in [4.69, 9.17) is 5.73 Å². The van der Waals surface area contributed by atoms with Crippen molar-refractivity contribution < 1.29 is 13.6 Å². The zero-order valence-corrected chi connectivity index (χ0v) is 11.0. The van der Waals surface area contributed by atoms with Gasteiger partial charge in [-0.15, -0.1) is 0 Å². The quantitative estimate of drug-likeness (QED) is 0.891. The number of anilines is 2. The summed E-state index contributed by atoms with van der Waals surface area (Å²) in [5, 5.41) is 2.30. The number of benzene rings is 1. The number of halogens is 3. The van der Waals surface area contributed by atoms with Gasteiger partial charge >= 0.3 is 0 Å². The van der Waals surface area contributed by atoms with Crippen molar-refractivity contribution in [1.82, 2.24) is 4.98 Å². The highest BCUT2D eigenvalue weighted by atomic mass is 79.9. The number of hydrogen-bond acceptors (Lipinski definition) is 3. The topological polar surface area (TPSA) is 68.0 Å². The summed E-state index contributed by atoms with van der Waals surface area (Å²) in [7, 11) is 0. The molecule has 4 nitrogen and oxygen atoms in total. The minimum atomic E-state index is -0.885. The molecule has 2 aromatic rings. The Balaban J connectivity index is 2.29. The second-order valence-electron chi connectivity index (χ2n) is 3.65. The maximum atomic E-state index is 13.5. The molecule has 0 saturated heterocycles. The van der Waals surface area contributed by atoms with Crippen LogP contribution in [0, 0.1) is 11.6 Å². The summed E-state index contributed by atoms with van der Waals surface area (Å²) in [5.74, 6) is -2.10. The van der Waals surface area contributed by atoms with Crippen LogP contribution < -0.4 is 11.1 Å². The van der Waals surface area contributed by atoms with Crippen LogP contribution in [0.1, 0.15) is 10.5 Å². The van der Waals surface area contributed by atoms with E-state index in [1.807, 2.05) is 0 Å². The lowest BCUT2D eigenvalue weighted by atomic mass is 10.2. The molecule has 0 aliphatic rings. The van der Waals surface area contributed by atoms with Crippen molar-refractivity contribution in [3.05, 3.63) is 52.1 Å². The Labute approximate surface area is 115 Å². The minimum absolute atomic E-state index is 0.0376. The van der Waals surface area contributed by atoms with Crippen molar-refractivity contribution in [2.75, 3.05) is 11.1 Å². The summed E-state index contributed by atoms with van der Waals surface area (Å²) in [4.78, 5) is 15.6. The van der Waals surface area contributed by atoms with Crippen molar-refractivity contribution in [3.8, 4) is 0 Å². The molecule has 3 N–H and O–H groups in total. The molecule has 19 heavy (non-hydrogen) atoms. The Bertz CT molecular complexity index is 626. The van der Waals surface area contributed by atoms with Gasteiger partial charge in [0.2, 0.25) is 0 Å². The maximum Gasteiger partial charge on any atom is 0.274 e. The Morgan fingerprint density at radius 2 is 2.05 bits per heavy atom. The van der Waals surface area contributed by atoms with Gasteiger partial charge in [-0.05, 0) is 34.1 Å². The van der Waals surface area contributed by atoms with E-state index in [-0.39, 0.29) is 21.7 Å². The fourth-order valence-electron chi connectivity index (χ4n) is 1.42. The molecule has 1 aromatic heterocycles. The Morgan fingerprint density at radius 3 is 2.68 bits per heavy atom. The summed E-state index contributed by atoms with van der Waals surface area (Å²) >= 11 is 2.97. The fraction of sp³-hybridized carbons (Fsp3) is 0. The lowest BCUT2D eigenvalue weighted by Gasteiger charge is -2.08. The highest BCUT2D eigenvalue weighted by Gasteiger charge is 2.14. The van der Waals surface area contributed by atoms with Crippen LogP contribution in [0.3, 0.4) is 0 Å². The van der Waals surface area contributed by atoms with E-state index in [1.165, 1.54) is 12.1 Å². The molecule has 0 bridgehead atoms. The number of carbonyl (C=O) groups is 1. The lowest BCUT2D eigenvalue weighted by molar-refractivity contribution is 0.102. The van der Waals surface area contributed by atoms with Gasteiger partial charge in [0, 0.05) is 10.5 Å². The molecular weight excluding hydrogens is 320 g/mol. The average molecular weight is 328 g/mol. The van der Waals surface area contributed by atoms with Gasteiger partial charge in [0.1, 0.15) is 17.3 Å². The van der Waals surface area contributed by atoms with E-state index in [2.05, 4.69) is 26.2 Å². The van der Waals surface area contributed by atoms with E-state index in [1.54, 1.807) is 6.07 Å². The normalized spacial score (nSPS) is 10.3. The van der Waals surface area contributed by atoms with Gasteiger partial charge in [-0.2, -0.15) is 0 Å². The zero-order chi connectivity index (χ0) is 14.0. The number of nitrogens with zero attached hydrogens (tertiary/aromatic N) is 1. The third-order valence-corrected chi connectivity index (χ3v) is 2.87. The lowest BCUT2D eigenvalue weighted by Crippen LogP contribution is -2.15. The number of pyridine rings is 1. The molecule has 0 unspecified atom stereocenters. The minimum Gasteiger partial charge on any atom is -0.384 e. The number of nitrogen functional groups attached to an aromatic ring is 1. The summed E-state index contributed by atoms with van der Waals surface area (Å²) in [6, 6.07) is 6.22. The molecule has 7 heteroatoms. The van der Waals surface area contributed by atoms with E-state index in [0.717, 1.165) is 6.07 Å². The van der Waals surface area contributed by atoms with Crippen LogP contribution in [0.25, 0.3) is 0 Å². The predicted molar refractivity (Wildman–Crippen MR) is 70.7 cm³/mol. The number of nitrogens with one attached hydrogen (secondary N) is 1. The average Bonchev–Trinajstić information content (AvgIpc) is 2.33. The second-order valence-corrected chi connectivity index (χ2v) is 4.50. The first-order valence-electron chi connectivity index (χ1n) is 5.16. The Kier molecular flexibility index (Phi) is 3.75. The van der Waals surface area contributed by atoms with Crippen molar-refractivity contribution in [2.24, 2.45) is 0 Å². The van der Waals surface area contributed by atoms with Gasteiger partial charge in [0.25, 0.3) is 5.91 Å². The first-order valence-corrected chi connectivity index (χ1v) is 5.95. The van der Waals surface area contributed by atoms with Crippen molar-refractivity contribution in [3.63, 3.8) is 0 Å². The largest absolute Gasteiger partial charge is 0.384 e. The van der Waals surface area contributed by atoms with Gasteiger partial charge in [-0.3, -0.25) is 4.79 Å². The van der Waals surface area contributed by atoms with Crippen LogP contribution in [0.4, 0.5) is 20.3 Å². The first-order chi connectivity index (χ1) is 8.97. The molecule has 2 rings (SSSR count). The standard InChI is InChI=1S/C12H8BrF2N3O/c13-7-4-6(14)5-8(15)11(7)18-12(19)9-2-1-3-10(16)17-9/h1-5H,(H2,16,17)(H,18,19). The molecule has 0 spiro atoms. The first kappa shape index (κ1) is 13.4.